The third-order valence-electron chi connectivity index (χ3n) is 4.95. The molecule has 0 unspecified atom stereocenters. The molecule has 1 aliphatic rings. The van der Waals surface area contributed by atoms with E-state index in [0.29, 0.717) is 13.1 Å². The summed E-state index contributed by atoms with van der Waals surface area (Å²) in [4.78, 5) is 16.6. The second kappa shape index (κ2) is 8.00. The summed E-state index contributed by atoms with van der Waals surface area (Å²) in [5, 5.41) is 0.734. The van der Waals surface area contributed by atoms with E-state index >= 15 is 0 Å². The third kappa shape index (κ3) is 4.31. The van der Waals surface area contributed by atoms with Crippen LogP contribution in [0.15, 0.2) is 36.4 Å². The number of benzene rings is 2. The molecule has 0 aromatic heterocycles. The van der Waals surface area contributed by atoms with E-state index in [9.17, 15) is 4.79 Å². The average Bonchev–Trinajstić information content (AvgIpc) is 2.63. The number of nitrogens with zero attached hydrogens (tertiary/aromatic N) is 2. The highest BCUT2D eigenvalue weighted by molar-refractivity contribution is 6.30. The van der Waals surface area contributed by atoms with Gasteiger partial charge in [-0.15, -0.1) is 0 Å². The van der Waals surface area contributed by atoms with Gasteiger partial charge in [0.1, 0.15) is 5.75 Å². The van der Waals surface area contributed by atoms with Crippen LogP contribution in [-0.2, 0) is 4.79 Å². The van der Waals surface area contributed by atoms with Crippen molar-refractivity contribution in [1.82, 2.24) is 4.90 Å². The maximum Gasteiger partial charge on any atom is 0.260 e. The molecule has 1 fully saturated rings. The van der Waals surface area contributed by atoms with E-state index in [-0.39, 0.29) is 12.5 Å². The summed E-state index contributed by atoms with van der Waals surface area (Å²) in [5.74, 6) is 0.826. The molecule has 5 heteroatoms. The van der Waals surface area contributed by atoms with Gasteiger partial charge in [0.2, 0.25) is 0 Å². The lowest BCUT2D eigenvalue weighted by molar-refractivity contribution is -0.133. The number of hydrogen-bond acceptors (Lipinski definition) is 3. The quantitative estimate of drug-likeness (QED) is 0.813. The minimum atomic E-state index is 0.0355. The predicted octanol–water partition coefficient (Wildman–Crippen LogP) is 3.99. The molecule has 138 valence electrons. The summed E-state index contributed by atoms with van der Waals surface area (Å²) in [6.45, 7) is 9.22. The zero-order chi connectivity index (χ0) is 18.7. The summed E-state index contributed by atoms with van der Waals surface area (Å²) in [6, 6.07) is 11.9. The first-order valence-electron chi connectivity index (χ1n) is 8.93. The van der Waals surface area contributed by atoms with Crippen molar-refractivity contribution in [2.45, 2.75) is 20.8 Å². The van der Waals surface area contributed by atoms with Crippen molar-refractivity contribution in [2.24, 2.45) is 0 Å². The Morgan fingerprint density at radius 3 is 2.38 bits per heavy atom. The molecule has 1 aliphatic heterocycles. The third-order valence-corrected chi connectivity index (χ3v) is 5.18. The van der Waals surface area contributed by atoms with Crippen molar-refractivity contribution < 1.29 is 9.53 Å². The lowest BCUT2D eigenvalue weighted by Crippen LogP contribution is -2.50. The Hall–Kier alpha value is -2.20. The summed E-state index contributed by atoms with van der Waals surface area (Å²) in [5.41, 5.74) is 4.57. The number of rotatable bonds is 4. The standard InChI is InChI=1S/C21H25ClN2O2/c1-15-11-17(3)20(12-16(15)2)26-14-21(25)24-9-7-23(8-10-24)19-6-4-5-18(22)13-19/h4-6,11-13H,7-10,14H2,1-3H3. The van der Waals surface area contributed by atoms with Gasteiger partial charge in [0.15, 0.2) is 6.61 Å². The molecule has 0 saturated carbocycles. The molecule has 0 aliphatic carbocycles. The van der Waals surface area contributed by atoms with Gasteiger partial charge in [-0.25, -0.2) is 0 Å². The van der Waals surface area contributed by atoms with E-state index in [1.54, 1.807) is 0 Å². The molecular weight excluding hydrogens is 348 g/mol. The summed E-state index contributed by atoms with van der Waals surface area (Å²) in [6.07, 6.45) is 0. The Kier molecular flexibility index (Phi) is 5.72. The molecule has 0 spiro atoms. The van der Waals surface area contributed by atoms with Crippen LogP contribution in [0.2, 0.25) is 5.02 Å². The summed E-state index contributed by atoms with van der Waals surface area (Å²) in [7, 11) is 0. The predicted molar refractivity (Wildman–Crippen MR) is 106 cm³/mol. The van der Waals surface area contributed by atoms with Gasteiger partial charge in [0, 0.05) is 36.9 Å². The summed E-state index contributed by atoms with van der Waals surface area (Å²) >= 11 is 6.07. The molecule has 4 nitrogen and oxygen atoms in total. The zero-order valence-corrected chi connectivity index (χ0v) is 16.3. The van der Waals surface area contributed by atoms with E-state index in [1.807, 2.05) is 36.1 Å². The maximum absolute atomic E-state index is 12.5. The highest BCUT2D eigenvalue weighted by atomic mass is 35.5. The number of piperazine rings is 1. The molecule has 0 N–H and O–H groups in total. The number of anilines is 1. The maximum atomic E-state index is 12.5. The van der Waals surface area contributed by atoms with Gasteiger partial charge in [-0.1, -0.05) is 23.7 Å². The number of hydrogen-bond donors (Lipinski definition) is 0. The van der Waals surface area contributed by atoms with Gasteiger partial charge in [0.05, 0.1) is 0 Å². The van der Waals surface area contributed by atoms with Crippen molar-refractivity contribution in [3.05, 3.63) is 58.1 Å². The highest BCUT2D eigenvalue weighted by Crippen LogP contribution is 2.23. The smallest absolute Gasteiger partial charge is 0.260 e. The minimum absolute atomic E-state index is 0.0355. The van der Waals surface area contributed by atoms with Crippen LogP contribution in [0.4, 0.5) is 5.69 Å². The summed E-state index contributed by atoms with van der Waals surface area (Å²) < 4.78 is 5.79. The van der Waals surface area contributed by atoms with Crippen molar-refractivity contribution in [1.29, 1.82) is 0 Å². The fraction of sp³-hybridized carbons (Fsp3) is 0.381. The van der Waals surface area contributed by atoms with E-state index in [0.717, 1.165) is 35.1 Å². The number of ether oxygens (including phenoxy) is 1. The Labute approximate surface area is 160 Å². The lowest BCUT2D eigenvalue weighted by atomic mass is 10.1. The topological polar surface area (TPSA) is 32.8 Å². The number of halogens is 1. The van der Waals surface area contributed by atoms with Gasteiger partial charge in [-0.3, -0.25) is 4.79 Å². The number of amides is 1. The second-order valence-corrected chi connectivity index (χ2v) is 7.27. The van der Waals surface area contributed by atoms with Gasteiger partial charge in [-0.05, 0) is 61.7 Å². The van der Waals surface area contributed by atoms with Crippen LogP contribution in [0, 0.1) is 20.8 Å². The number of carbonyl (C=O) groups is 1. The Morgan fingerprint density at radius 1 is 1.00 bits per heavy atom. The Bertz CT molecular complexity index is 799. The molecule has 1 amide bonds. The molecule has 0 bridgehead atoms. The molecule has 2 aromatic rings. The second-order valence-electron chi connectivity index (χ2n) is 6.84. The fourth-order valence-corrected chi connectivity index (χ4v) is 3.39. The first kappa shape index (κ1) is 18.6. The zero-order valence-electron chi connectivity index (χ0n) is 15.6. The van der Waals surface area contributed by atoms with E-state index < -0.39 is 0 Å². The van der Waals surface area contributed by atoms with Crippen molar-refractivity contribution in [3.8, 4) is 5.75 Å². The fourth-order valence-electron chi connectivity index (χ4n) is 3.21. The minimum Gasteiger partial charge on any atom is -0.483 e. The van der Waals surface area contributed by atoms with Crippen LogP contribution in [-0.4, -0.2) is 43.6 Å². The van der Waals surface area contributed by atoms with E-state index in [4.69, 9.17) is 16.3 Å². The SMILES string of the molecule is Cc1cc(C)c(OCC(=O)N2CCN(c3cccc(Cl)c3)CC2)cc1C. The number of carbonyl (C=O) groups excluding carboxylic acids is 1. The van der Waals surface area contributed by atoms with Gasteiger partial charge < -0.3 is 14.5 Å². The average molecular weight is 373 g/mol. The molecule has 0 radical (unpaired) electrons. The molecule has 1 heterocycles. The first-order valence-corrected chi connectivity index (χ1v) is 9.31. The van der Waals surface area contributed by atoms with Gasteiger partial charge in [-0.2, -0.15) is 0 Å². The van der Waals surface area contributed by atoms with Gasteiger partial charge >= 0.3 is 0 Å². The number of aryl methyl sites for hydroxylation is 3. The lowest BCUT2D eigenvalue weighted by Gasteiger charge is -2.36. The van der Waals surface area contributed by atoms with Crippen molar-refractivity contribution >= 4 is 23.2 Å². The monoisotopic (exact) mass is 372 g/mol. The normalized spacial score (nSPS) is 14.5. The molecular formula is C21H25ClN2O2. The van der Waals surface area contributed by atoms with Crippen LogP contribution in [0.1, 0.15) is 16.7 Å². The van der Waals surface area contributed by atoms with E-state index in [1.165, 1.54) is 11.1 Å². The van der Waals surface area contributed by atoms with Crippen molar-refractivity contribution in [3.63, 3.8) is 0 Å². The molecule has 0 atom stereocenters. The van der Waals surface area contributed by atoms with Crippen LogP contribution in [0.25, 0.3) is 0 Å². The van der Waals surface area contributed by atoms with E-state index in [2.05, 4.69) is 30.9 Å². The Balaban J connectivity index is 1.53. The van der Waals surface area contributed by atoms with Crippen LogP contribution < -0.4 is 9.64 Å². The molecule has 2 aromatic carbocycles. The molecule has 3 rings (SSSR count). The largest absolute Gasteiger partial charge is 0.483 e. The van der Waals surface area contributed by atoms with Crippen molar-refractivity contribution in [2.75, 3.05) is 37.7 Å². The van der Waals surface area contributed by atoms with Crippen LogP contribution >= 0.6 is 11.6 Å². The Morgan fingerprint density at radius 2 is 1.69 bits per heavy atom. The van der Waals surface area contributed by atoms with Gasteiger partial charge in [0.25, 0.3) is 5.91 Å². The molecule has 1 saturated heterocycles. The van der Waals surface area contributed by atoms with Crippen LogP contribution in [0.5, 0.6) is 5.75 Å². The first-order chi connectivity index (χ1) is 12.4. The highest BCUT2D eigenvalue weighted by Gasteiger charge is 2.22. The molecule has 26 heavy (non-hydrogen) atoms. The van der Waals surface area contributed by atoms with Crippen LogP contribution in [0.3, 0.4) is 0 Å².